The van der Waals surface area contributed by atoms with E-state index in [1.54, 1.807) is 49.2 Å². The molecule has 0 atom stereocenters. The molecule has 0 spiro atoms. The zero-order valence-corrected chi connectivity index (χ0v) is 13.1. The van der Waals surface area contributed by atoms with Crippen molar-refractivity contribution < 1.29 is 13.2 Å². The Morgan fingerprint density at radius 2 is 2.05 bits per heavy atom. The highest BCUT2D eigenvalue weighted by Gasteiger charge is 2.18. The molecule has 0 unspecified atom stereocenters. The van der Waals surface area contributed by atoms with Gasteiger partial charge < -0.3 is 15.0 Å². The monoisotopic (exact) mass is 309 g/mol. The van der Waals surface area contributed by atoms with E-state index in [0.29, 0.717) is 11.4 Å². The summed E-state index contributed by atoms with van der Waals surface area (Å²) in [6, 6.07) is 6.73. The van der Waals surface area contributed by atoms with Crippen LogP contribution < -0.4 is 15.2 Å². The van der Waals surface area contributed by atoms with Gasteiger partial charge in [0.1, 0.15) is 10.6 Å². The molecule has 1 aromatic heterocycles. The molecule has 21 heavy (non-hydrogen) atoms. The number of nitrogens with one attached hydrogen (secondary N) is 1. The summed E-state index contributed by atoms with van der Waals surface area (Å²) in [4.78, 5) is 0.195. The van der Waals surface area contributed by atoms with Crippen molar-refractivity contribution in [2.45, 2.75) is 18.4 Å². The van der Waals surface area contributed by atoms with E-state index in [1.807, 2.05) is 6.92 Å². The van der Waals surface area contributed by atoms with Crippen molar-refractivity contribution in [3.05, 3.63) is 41.7 Å². The van der Waals surface area contributed by atoms with Gasteiger partial charge in [0.2, 0.25) is 0 Å². The van der Waals surface area contributed by atoms with Crippen LogP contribution in [0.1, 0.15) is 11.3 Å². The lowest BCUT2D eigenvalue weighted by Crippen LogP contribution is -2.13. The van der Waals surface area contributed by atoms with Crippen LogP contribution in [0.25, 0.3) is 0 Å². The minimum absolute atomic E-state index is 0.195. The highest BCUT2D eigenvalue weighted by Crippen LogP contribution is 2.24. The summed E-state index contributed by atoms with van der Waals surface area (Å²) >= 11 is 0. The molecule has 0 amide bonds. The Bertz CT molecular complexity index is 751. The van der Waals surface area contributed by atoms with Crippen LogP contribution in [0.3, 0.4) is 0 Å². The van der Waals surface area contributed by atoms with E-state index in [1.165, 1.54) is 0 Å². The van der Waals surface area contributed by atoms with Gasteiger partial charge in [-0.3, -0.25) is 4.72 Å². The predicted molar refractivity (Wildman–Crippen MR) is 81.8 cm³/mol. The second-order valence-corrected chi connectivity index (χ2v) is 6.45. The average Bonchev–Trinajstić information content (AvgIpc) is 2.83. The lowest BCUT2D eigenvalue weighted by atomic mass is 10.2. The van der Waals surface area contributed by atoms with Gasteiger partial charge in [-0.15, -0.1) is 0 Å². The molecule has 2 rings (SSSR count). The third-order valence-electron chi connectivity index (χ3n) is 3.28. The molecule has 0 fully saturated rings. The number of nitrogens with two attached hydrogens (primary N) is 1. The van der Waals surface area contributed by atoms with Crippen molar-refractivity contribution in [3.8, 4) is 5.75 Å². The SMILES string of the molecule is COc1ccc(NS(=O)(=O)c2cc(CN)n(C)c2)c(C)c1. The number of methoxy groups -OCH3 is 1. The number of anilines is 1. The number of nitrogens with zero attached hydrogens (tertiary/aromatic N) is 1. The molecule has 6 nitrogen and oxygen atoms in total. The third-order valence-corrected chi connectivity index (χ3v) is 4.61. The van der Waals surface area contributed by atoms with Crippen LogP contribution in [0, 0.1) is 6.92 Å². The van der Waals surface area contributed by atoms with Crippen LogP contribution in [-0.4, -0.2) is 20.1 Å². The highest BCUT2D eigenvalue weighted by molar-refractivity contribution is 7.92. The number of hydrogen-bond acceptors (Lipinski definition) is 4. The topological polar surface area (TPSA) is 86.3 Å². The van der Waals surface area contributed by atoms with Gasteiger partial charge >= 0.3 is 0 Å². The maximum Gasteiger partial charge on any atom is 0.263 e. The molecule has 1 aromatic carbocycles. The molecule has 0 saturated carbocycles. The Balaban J connectivity index is 2.32. The summed E-state index contributed by atoms with van der Waals surface area (Å²) in [5, 5.41) is 0. The molecule has 0 aliphatic carbocycles. The maximum absolute atomic E-state index is 12.4. The fraction of sp³-hybridized carbons (Fsp3) is 0.286. The van der Waals surface area contributed by atoms with Crippen molar-refractivity contribution in [2.75, 3.05) is 11.8 Å². The molecular weight excluding hydrogens is 290 g/mol. The predicted octanol–water partition coefficient (Wildman–Crippen LogP) is 1.60. The fourth-order valence-electron chi connectivity index (χ4n) is 2.01. The molecular formula is C14H19N3O3S. The zero-order chi connectivity index (χ0) is 15.6. The molecule has 0 bridgehead atoms. The van der Waals surface area contributed by atoms with E-state index >= 15 is 0 Å². The molecule has 0 aliphatic heterocycles. The molecule has 0 aliphatic rings. The summed E-state index contributed by atoms with van der Waals surface area (Å²) < 4.78 is 34.2. The smallest absolute Gasteiger partial charge is 0.263 e. The Kier molecular flexibility index (Phi) is 4.24. The largest absolute Gasteiger partial charge is 0.497 e. The third kappa shape index (κ3) is 3.20. The van der Waals surface area contributed by atoms with Gasteiger partial charge in [0.25, 0.3) is 10.0 Å². The lowest BCUT2D eigenvalue weighted by Gasteiger charge is -2.10. The van der Waals surface area contributed by atoms with Crippen molar-refractivity contribution in [1.29, 1.82) is 0 Å². The number of aryl methyl sites for hydroxylation is 2. The van der Waals surface area contributed by atoms with E-state index in [2.05, 4.69) is 4.72 Å². The van der Waals surface area contributed by atoms with Gasteiger partial charge in [-0.25, -0.2) is 8.42 Å². The van der Waals surface area contributed by atoms with Crippen molar-refractivity contribution in [2.24, 2.45) is 12.8 Å². The van der Waals surface area contributed by atoms with Gasteiger partial charge in [-0.05, 0) is 36.8 Å². The van der Waals surface area contributed by atoms with Crippen molar-refractivity contribution in [1.82, 2.24) is 4.57 Å². The molecule has 0 radical (unpaired) electrons. The molecule has 3 N–H and O–H groups in total. The maximum atomic E-state index is 12.4. The average molecular weight is 309 g/mol. The Morgan fingerprint density at radius 3 is 2.57 bits per heavy atom. The second kappa shape index (κ2) is 5.79. The molecule has 114 valence electrons. The number of hydrogen-bond donors (Lipinski definition) is 2. The highest BCUT2D eigenvalue weighted by atomic mass is 32.2. The van der Waals surface area contributed by atoms with E-state index in [4.69, 9.17) is 10.5 Å². The number of rotatable bonds is 5. The summed E-state index contributed by atoms with van der Waals surface area (Å²) in [5.74, 6) is 0.681. The first-order chi connectivity index (χ1) is 9.87. The second-order valence-electron chi connectivity index (χ2n) is 4.77. The van der Waals surface area contributed by atoms with Crippen molar-refractivity contribution >= 4 is 15.7 Å². The zero-order valence-electron chi connectivity index (χ0n) is 12.3. The van der Waals surface area contributed by atoms with Gasteiger partial charge in [0.05, 0.1) is 12.8 Å². The Morgan fingerprint density at radius 1 is 1.33 bits per heavy atom. The van der Waals surface area contributed by atoms with E-state index < -0.39 is 10.0 Å². The number of sulfonamides is 1. The minimum Gasteiger partial charge on any atom is -0.497 e. The van der Waals surface area contributed by atoms with Crippen LogP contribution >= 0.6 is 0 Å². The van der Waals surface area contributed by atoms with Crippen LogP contribution in [0.2, 0.25) is 0 Å². The quantitative estimate of drug-likeness (QED) is 0.878. The van der Waals surface area contributed by atoms with Crippen LogP contribution in [0.15, 0.2) is 35.4 Å². The summed E-state index contributed by atoms with van der Waals surface area (Å²) in [5.41, 5.74) is 7.62. The first kappa shape index (κ1) is 15.4. The number of benzene rings is 1. The lowest BCUT2D eigenvalue weighted by molar-refractivity contribution is 0.414. The Hall–Kier alpha value is -1.99. The number of ether oxygens (including phenoxy) is 1. The minimum atomic E-state index is -3.63. The van der Waals surface area contributed by atoms with Gasteiger partial charge in [-0.2, -0.15) is 0 Å². The van der Waals surface area contributed by atoms with Gasteiger partial charge in [0, 0.05) is 25.5 Å². The standard InChI is InChI=1S/C14H19N3O3S/c1-10-6-12(20-3)4-5-14(10)16-21(18,19)13-7-11(8-15)17(2)9-13/h4-7,9,16H,8,15H2,1-3H3. The van der Waals surface area contributed by atoms with E-state index in [0.717, 1.165) is 11.3 Å². The Labute approximate surface area is 124 Å². The molecule has 2 aromatic rings. The van der Waals surface area contributed by atoms with Gasteiger partial charge in [-0.1, -0.05) is 0 Å². The normalized spacial score (nSPS) is 11.4. The fourth-order valence-corrected chi connectivity index (χ4v) is 3.23. The van der Waals surface area contributed by atoms with Crippen molar-refractivity contribution in [3.63, 3.8) is 0 Å². The molecule has 1 heterocycles. The molecule has 7 heteroatoms. The van der Waals surface area contributed by atoms with E-state index in [-0.39, 0.29) is 11.4 Å². The summed E-state index contributed by atoms with van der Waals surface area (Å²) in [6.07, 6.45) is 1.55. The summed E-state index contributed by atoms with van der Waals surface area (Å²) in [6.45, 7) is 2.10. The van der Waals surface area contributed by atoms with E-state index in [9.17, 15) is 8.42 Å². The first-order valence-corrected chi connectivity index (χ1v) is 7.88. The summed E-state index contributed by atoms with van der Waals surface area (Å²) in [7, 11) is -0.304. The van der Waals surface area contributed by atoms with Crippen LogP contribution in [0.5, 0.6) is 5.75 Å². The first-order valence-electron chi connectivity index (χ1n) is 6.40. The van der Waals surface area contributed by atoms with Crippen LogP contribution in [-0.2, 0) is 23.6 Å². The van der Waals surface area contributed by atoms with Crippen LogP contribution in [0.4, 0.5) is 5.69 Å². The number of aromatic nitrogens is 1. The molecule has 0 saturated heterocycles. The van der Waals surface area contributed by atoms with Gasteiger partial charge in [0.15, 0.2) is 0 Å².